The highest BCUT2D eigenvalue weighted by atomic mass is 16.6. The molecule has 2 heterocycles. The Morgan fingerprint density at radius 3 is 1.56 bits per heavy atom. The van der Waals surface area contributed by atoms with Gasteiger partial charge in [-0.3, -0.25) is 9.80 Å². The summed E-state index contributed by atoms with van der Waals surface area (Å²) in [7, 11) is 0. The van der Waals surface area contributed by atoms with E-state index in [0.29, 0.717) is 39.6 Å². The highest BCUT2D eigenvalue weighted by Gasteiger charge is 2.46. The van der Waals surface area contributed by atoms with Crippen LogP contribution in [0.25, 0.3) is 0 Å². The van der Waals surface area contributed by atoms with E-state index in [1.54, 1.807) is 18.7 Å². The minimum atomic E-state index is -0.726. The van der Waals surface area contributed by atoms with Gasteiger partial charge in [-0.05, 0) is 80.4 Å². The lowest BCUT2D eigenvalue weighted by atomic mass is 10.2. The number of nitrogens with zero attached hydrogens (tertiary/aromatic N) is 2. The molecule has 0 radical (unpaired) electrons. The van der Waals surface area contributed by atoms with E-state index in [1.807, 2.05) is 116 Å². The van der Waals surface area contributed by atoms with Gasteiger partial charge in [0.15, 0.2) is 0 Å². The largest absolute Gasteiger partial charge is 0.444 e. The zero-order chi connectivity index (χ0) is 39.2. The first-order valence-electron chi connectivity index (χ1n) is 17.7. The summed E-state index contributed by atoms with van der Waals surface area (Å²) in [5.74, 6) is 0. The SMILES string of the molecule is CC(C)(C)OC(=O)N1[C@H](CO)COC1(C)C.CC(C)(C)OC(=O)N1[C@H](COCc2ccccc2)COC1(C)C.N[C@@H](CO)COCc1ccccc1. The van der Waals surface area contributed by atoms with Crippen molar-refractivity contribution >= 4 is 12.2 Å². The Morgan fingerprint density at radius 2 is 1.15 bits per heavy atom. The van der Waals surface area contributed by atoms with Crippen molar-refractivity contribution < 1.29 is 48.2 Å². The Bertz CT molecular complexity index is 1330. The van der Waals surface area contributed by atoms with E-state index in [1.165, 1.54) is 4.90 Å². The monoisotopic (exact) mass is 733 g/mol. The van der Waals surface area contributed by atoms with Crippen molar-refractivity contribution in [1.29, 1.82) is 0 Å². The van der Waals surface area contributed by atoms with E-state index < -0.39 is 28.7 Å². The molecule has 13 heteroatoms. The molecule has 2 aliphatic rings. The van der Waals surface area contributed by atoms with Crippen LogP contribution in [0.4, 0.5) is 9.59 Å². The molecule has 2 saturated heterocycles. The molecular weight excluding hydrogens is 670 g/mol. The number of carbonyl (C=O) groups is 2. The summed E-state index contributed by atoms with van der Waals surface area (Å²) >= 11 is 0. The minimum Gasteiger partial charge on any atom is -0.444 e. The maximum atomic E-state index is 12.5. The van der Waals surface area contributed by atoms with Gasteiger partial charge >= 0.3 is 12.2 Å². The lowest BCUT2D eigenvalue weighted by Gasteiger charge is -2.35. The average Bonchev–Trinajstić information content (AvgIpc) is 3.54. The third kappa shape index (κ3) is 15.7. The van der Waals surface area contributed by atoms with E-state index >= 15 is 0 Å². The van der Waals surface area contributed by atoms with Crippen LogP contribution in [0, 0.1) is 0 Å². The van der Waals surface area contributed by atoms with Crippen LogP contribution in [0.15, 0.2) is 60.7 Å². The Labute approximate surface area is 310 Å². The fourth-order valence-corrected chi connectivity index (χ4v) is 5.23. The van der Waals surface area contributed by atoms with Gasteiger partial charge in [-0.1, -0.05) is 60.7 Å². The van der Waals surface area contributed by atoms with Gasteiger partial charge in [0.1, 0.15) is 22.7 Å². The summed E-state index contributed by atoms with van der Waals surface area (Å²) in [5.41, 5.74) is 5.19. The fraction of sp³-hybridized carbons (Fsp3) is 0.641. The van der Waals surface area contributed by atoms with E-state index in [9.17, 15) is 14.7 Å². The summed E-state index contributed by atoms with van der Waals surface area (Å²) in [5, 5.41) is 17.8. The number of amides is 2. The molecule has 4 rings (SSSR count). The second-order valence-electron chi connectivity index (χ2n) is 15.7. The Kier molecular flexibility index (Phi) is 17.5. The van der Waals surface area contributed by atoms with Crippen LogP contribution in [-0.4, -0.2) is 113 Å². The second kappa shape index (κ2) is 20.2. The number of hydrogen-bond acceptors (Lipinski definition) is 11. The Morgan fingerprint density at radius 1 is 0.750 bits per heavy atom. The Balaban J connectivity index is 0.000000284. The van der Waals surface area contributed by atoms with Crippen LogP contribution in [-0.2, 0) is 41.6 Å². The molecule has 2 amide bonds. The minimum absolute atomic E-state index is 0.0329. The summed E-state index contributed by atoms with van der Waals surface area (Å²) < 4.78 is 33.1. The smallest absolute Gasteiger partial charge is 0.412 e. The maximum absolute atomic E-state index is 12.5. The van der Waals surface area contributed by atoms with Gasteiger partial charge in [-0.2, -0.15) is 0 Å². The van der Waals surface area contributed by atoms with Crippen LogP contribution in [0.1, 0.15) is 80.4 Å². The number of nitrogens with two attached hydrogens (primary N) is 1. The third-order valence-corrected chi connectivity index (χ3v) is 7.64. The normalized spacial score (nSPS) is 19.9. The van der Waals surface area contributed by atoms with Gasteiger partial charge in [0.2, 0.25) is 0 Å². The molecule has 0 unspecified atom stereocenters. The summed E-state index contributed by atoms with van der Waals surface area (Å²) in [6, 6.07) is 19.1. The van der Waals surface area contributed by atoms with Gasteiger partial charge < -0.3 is 44.4 Å². The number of ether oxygens (including phenoxy) is 6. The molecule has 294 valence electrons. The van der Waals surface area contributed by atoms with Crippen molar-refractivity contribution in [2.45, 2.75) is 123 Å². The first-order chi connectivity index (χ1) is 24.2. The van der Waals surface area contributed by atoms with Crippen LogP contribution in [0.2, 0.25) is 0 Å². The lowest BCUT2D eigenvalue weighted by Crippen LogP contribution is -2.51. The molecule has 0 spiro atoms. The third-order valence-electron chi connectivity index (χ3n) is 7.64. The van der Waals surface area contributed by atoms with E-state index in [0.717, 1.165) is 11.1 Å². The molecule has 52 heavy (non-hydrogen) atoms. The maximum Gasteiger partial charge on any atom is 0.412 e. The molecule has 2 aromatic carbocycles. The molecule has 13 nitrogen and oxygen atoms in total. The number of benzene rings is 2. The first-order valence-corrected chi connectivity index (χ1v) is 17.7. The van der Waals surface area contributed by atoms with Gasteiger partial charge in [-0.25, -0.2) is 9.59 Å². The summed E-state index contributed by atoms with van der Waals surface area (Å²) in [6.07, 6.45) is -0.817. The molecule has 0 aromatic heterocycles. The molecule has 2 fully saturated rings. The molecule has 4 N–H and O–H groups in total. The van der Waals surface area contributed by atoms with Gasteiger partial charge in [0.05, 0.1) is 71.0 Å². The number of aliphatic hydroxyl groups excluding tert-OH is 2. The number of hydrogen-bond donors (Lipinski definition) is 3. The molecule has 0 bridgehead atoms. The predicted octanol–water partition coefficient (Wildman–Crippen LogP) is 5.45. The second-order valence-corrected chi connectivity index (χ2v) is 15.7. The zero-order valence-electron chi connectivity index (χ0n) is 32.8. The van der Waals surface area contributed by atoms with Crippen molar-refractivity contribution in [3.8, 4) is 0 Å². The van der Waals surface area contributed by atoms with Crippen LogP contribution < -0.4 is 5.73 Å². The summed E-state index contributed by atoms with van der Waals surface area (Å²) in [6.45, 7) is 20.8. The van der Waals surface area contributed by atoms with Crippen molar-refractivity contribution in [3.05, 3.63) is 71.8 Å². The molecule has 0 saturated carbocycles. The molecule has 2 aliphatic heterocycles. The standard InChI is InChI=1S/C18H27NO4.C11H21NO4.C10H15NO2/c1-17(2,3)23-16(20)19-15(13-22-18(19,4)5)12-21-11-14-9-7-6-8-10-14;1-10(2,3)16-9(14)12-8(6-13)7-15-11(12,4)5;11-10(6-12)8-13-7-9-4-2-1-3-5-9/h6-10,15H,11-13H2,1-5H3;8,13H,6-7H2,1-5H3;1-5,10,12H,6-8,11H2/t15-;8-;10-/m110/s1. The topological polar surface area (TPSA) is 162 Å². The average molecular weight is 734 g/mol. The van der Waals surface area contributed by atoms with E-state index in [4.69, 9.17) is 39.3 Å². The van der Waals surface area contributed by atoms with Crippen molar-refractivity contribution in [1.82, 2.24) is 9.80 Å². The number of carbonyl (C=O) groups excluding carboxylic acids is 2. The lowest BCUT2D eigenvalue weighted by molar-refractivity contribution is -0.0663. The number of rotatable bonds is 10. The van der Waals surface area contributed by atoms with Crippen LogP contribution >= 0.6 is 0 Å². The number of aliphatic hydroxyl groups is 2. The van der Waals surface area contributed by atoms with Crippen molar-refractivity contribution in [3.63, 3.8) is 0 Å². The van der Waals surface area contributed by atoms with Gasteiger partial charge in [-0.15, -0.1) is 0 Å². The van der Waals surface area contributed by atoms with Crippen molar-refractivity contribution in [2.24, 2.45) is 5.73 Å². The highest BCUT2D eigenvalue weighted by molar-refractivity contribution is 5.70. The molecule has 2 aromatic rings. The highest BCUT2D eigenvalue weighted by Crippen LogP contribution is 2.30. The zero-order valence-corrected chi connectivity index (χ0v) is 32.8. The Hall–Kier alpha value is -3.30. The molecule has 0 aliphatic carbocycles. The molecule has 3 atom stereocenters. The fourth-order valence-electron chi connectivity index (χ4n) is 5.23. The van der Waals surface area contributed by atoms with Crippen LogP contribution in [0.5, 0.6) is 0 Å². The van der Waals surface area contributed by atoms with E-state index in [-0.39, 0.29) is 37.4 Å². The predicted molar refractivity (Wildman–Crippen MR) is 198 cm³/mol. The van der Waals surface area contributed by atoms with Crippen molar-refractivity contribution in [2.75, 3.05) is 39.6 Å². The quantitative estimate of drug-likeness (QED) is 0.285. The van der Waals surface area contributed by atoms with Gasteiger partial charge in [0.25, 0.3) is 0 Å². The van der Waals surface area contributed by atoms with E-state index in [2.05, 4.69) is 0 Å². The van der Waals surface area contributed by atoms with Gasteiger partial charge in [0, 0.05) is 0 Å². The van der Waals surface area contributed by atoms with Crippen LogP contribution in [0.3, 0.4) is 0 Å². The molecular formula is C39H63N3O10. The summed E-state index contributed by atoms with van der Waals surface area (Å²) in [4.78, 5) is 27.5. The first kappa shape index (κ1) is 44.9.